The van der Waals surface area contributed by atoms with Crippen LogP contribution in [-0.2, 0) is 20.1 Å². The van der Waals surface area contributed by atoms with Crippen molar-refractivity contribution in [3.05, 3.63) is 48.9 Å². The molecule has 0 saturated carbocycles. The van der Waals surface area contributed by atoms with Gasteiger partial charge in [0.15, 0.2) is 0 Å². The maximum atomic E-state index is 4.18. The van der Waals surface area contributed by atoms with Gasteiger partial charge in [0.25, 0.3) is 0 Å². The number of pyridine rings is 2. The predicted octanol–water partition coefficient (Wildman–Crippen LogP) is 1.94. The smallest absolute Gasteiger partial charge is 0.0160 e. The zero-order valence-corrected chi connectivity index (χ0v) is 9.16. The van der Waals surface area contributed by atoms with E-state index >= 15 is 0 Å². The van der Waals surface area contributed by atoms with Gasteiger partial charge < -0.3 is 9.97 Å². The Bertz CT molecular complexity index is 310. The Labute approximate surface area is 90.4 Å². The first kappa shape index (κ1) is 10.0. The summed E-state index contributed by atoms with van der Waals surface area (Å²) in [5, 5.41) is 0. The van der Waals surface area contributed by atoms with Crippen molar-refractivity contribution < 1.29 is 20.1 Å². The molecule has 2 heterocycles. The zero-order valence-electron chi connectivity index (χ0n) is 6.77. The topological polar surface area (TPSA) is 25.8 Å². The van der Waals surface area contributed by atoms with Gasteiger partial charge in [-0.25, -0.2) is 0 Å². The van der Waals surface area contributed by atoms with Gasteiger partial charge >= 0.3 is 0 Å². The summed E-state index contributed by atoms with van der Waals surface area (Å²) in [6, 6.07) is 10.6. The number of nitrogens with zero attached hydrogens (tertiary/aromatic N) is 2. The molecule has 0 N–H and O–H groups in total. The largest absolute Gasteiger partial charge is 0.360 e. The van der Waals surface area contributed by atoms with Gasteiger partial charge in [0, 0.05) is 26.3 Å². The van der Waals surface area contributed by atoms with Gasteiger partial charge in [-0.05, 0) is 11.8 Å². The van der Waals surface area contributed by atoms with Gasteiger partial charge in [0.2, 0.25) is 0 Å². The van der Waals surface area contributed by atoms with E-state index in [1.165, 1.54) is 0 Å². The third kappa shape index (κ3) is 2.44. The van der Waals surface area contributed by atoms with Crippen LogP contribution >= 0.6 is 0 Å². The Morgan fingerprint density at radius 3 is 2.69 bits per heavy atom. The number of hydrogen-bond acceptors (Lipinski definition) is 2. The van der Waals surface area contributed by atoms with Crippen LogP contribution in [-0.4, -0.2) is 9.97 Å². The van der Waals surface area contributed by atoms with Crippen LogP contribution in [0.15, 0.2) is 42.9 Å². The van der Waals surface area contributed by atoms with E-state index in [0.717, 1.165) is 11.3 Å². The molecule has 0 aliphatic rings. The van der Waals surface area contributed by atoms with Crippen LogP contribution < -0.4 is 0 Å². The average molecular weight is 347 g/mol. The number of rotatable bonds is 1. The van der Waals surface area contributed by atoms with E-state index in [9.17, 15) is 0 Å². The Kier molecular flexibility index (Phi) is 3.74. The van der Waals surface area contributed by atoms with Crippen molar-refractivity contribution in [1.29, 1.82) is 0 Å². The van der Waals surface area contributed by atoms with Crippen LogP contribution in [0.4, 0.5) is 0 Å². The molecule has 0 spiro atoms. The fraction of sp³-hybridized carbons (Fsp3) is 0. The minimum Gasteiger partial charge on any atom is -0.360 e. The summed E-state index contributed by atoms with van der Waals surface area (Å²) in [7, 11) is 0. The molecule has 2 nitrogen and oxygen atoms in total. The molecule has 13 heavy (non-hydrogen) atoms. The van der Waals surface area contributed by atoms with Crippen molar-refractivity contribution >= 4 is 0 Å². The summed E-state index contributed by atoms with van der Waals surface area (Å²) in [5.41, 5.74) is 1.84. The minimum absolute atomic E-state index is 0. The third-order valence-corrected chi connectivity index (χ3v) is 1.54. The van der Waals surface area contributed by atoms with E-state index in [4.69, 9.17) is 0 Å². The first-order valence-electron chi connectivity index (χ1n) is 3.70. The van der Waals surface area contributed by atoms with Gasteiger partial charge in [-0.3, -0.25) is 0 Å². The molecule has 0 amide bonds. The maximum absolute atomic E-state index is 4.18. The summed E-state index contributed by atoms with van der Waals surface area (Å²) in [5.74, 6) is 0. The SMILES string of the molecule is [Ir].[c-]1ccncc1-c1ccccn1. The summed E-state index contributed by atoms with van der Waals surface area (Å²) in [6.07, 6.45) is 5.21. The molecule has 2 aromatic rings. The van der Waals surface area contributed by atoms with Crippen LogP contribution in [0.5, 0.6) is 0 Å². The molecule has 0 saturated heterocycles. The van der Waals surface area contributed by atoms with Crippen molar-refractivity contribution in [3.8, 4) is 11.3 Å². The van der Waals surface area contributed by atoms with E-state index in [-0.39, 0.29) is 20.1 Å². The molecule has 2 aromatic heterocycles. The Balaban J connectivity index is 0.000000845. The summed E-state index contributed by atoms with van der Waals surface area (Å²) in [4.78, 5) is 8.17. The molecule has 0 aliphatic carbocycles. The first-order valence-corrected chi connectivity index (χ1v) is 3.70. The van der Waals surface area contributed by atoms with E-state index in [1.54, 1.807) is 24.7 Å². The molecule has 0 bridgehead atoms. The standard InChI is InChI=1S/C10H7N2.Ir/c1-2-7-12-10(5-1)9-4-3-6-11-8-9;/h1-3,5-8H;/q-1;. The minimum atomic E-state index is 0. The van der Waals surface area contributed by atoms with Crippen LogP contribution in [0.1, 0.15) is 0 Å². The monoisotopic (exact) mass is 348 g/mol. The van der Waals surface area contributed by atoms with Crippen LogP contribution in [0, 0.1) is 6.07 Å². The normalized spacial score (nSPS) is 8.92. The second-order valence-electron chi connectivity index (χ2n) is 2.37. The third-order valence-electron chi connectivity index (χ3n) is 1.54. The number of aromatic nitrogens is 2. The predicted molar refractivity (Wildman–Crippen MR) is 46.3 cm³/mol. The molecule has 0 unspecified atom stereocenters. The van der Waals surface area contributed by atoms with Gasteiger partial charge in [-0.2, -0.15) is 0 Å². The molecule has 0 atom stereocenters. The molecule has 0 aliphatic heterocycles. The van der Waals surface area contributed by atoms with Gasteiger partial charge in [0.05, 0.1) is 0 Å². The fourth-order valence-electron chi connectivity index (χ4n) is 0.987. The molecular formula is C10H7IrN2-. The van der Waals surface area contributed by atoms with E-state index in [0.29, 0.717) is 0 Å². The zero-order chi connectivity index (χ0) is 8.23. The fourth-order valence-corrected chi connectivity index (χ4v) is 0.987. The van der Waals surface area contributed by atoms with Crippen LogP contribution in [0.25, 0.3) is 11.3 Å². The van der Waals surface area contributed by atoms with Crippen molar-refractivity contribution in [1.82, 2.24) is 9.97 Å². The molecule has 0 fully saturated rings. The van der Waals surface area contributed by atoms with Crippen LogP contribution in [0.2, 0.25) is 0 Å². The van der Waals surface area contributed by atoms with E-state index in [2.05, 4.69) is 16.0 Å². The average Bonchev–Trinajstić information content (AvgIpc) is 2.21. The van der Waals surface area contributed by atoms with Crippen molar-refractivity contribution in [3.63, 3.8) is 0 Å². The molecule has 67 valence electrons. The first-order chi connectivity index (χ1) is 5.97. The number of hydrogen-bond donors (Lipinski definition) is 0. The van der Waals surface area contributed by atoms with E-state index in [1.807, 2.05) is 18.2 Å². The summed E-state index contributed by atoms with van der Waals surface area (Å²) in [6.45, 7) is 0. The Morgan fingerprint density at radius 2 is 2.08 bits per heavy atom. The van der Waals surface area contributed by atoms with Crippen molar-refractivity contribution in [2.75, 3.05) is 0 Å². The van der Waals surface area contributed by atoms with Crippen molar-refractivity contribution in [2.45, 2.75) is 0 Å². The molecule has 2 rings (SSSR count). The van der Waals surface area contributed by atoms with Crippen LogP contribution in [0.3, 0.4) is 0 Å². The molecule has 1 radical (unpaired) electrons. The van der Waals surface area contributed by atoms with Gasteiger partial charge in [-0.15, -0.1) is 17.7 Å². The maximum Gasteiger partial charge on any atom is 0.0160 e. The molecule has 3 heteroatoms. The summed E-state index contributed by atoms with van der Waals surface area (Å²) >= 11 is 0. The van der Waals surface area contributed by atoms with E-state index < -0.39 is 0 Å². The second kappa shape index (κ2) is 4.85. The quantitative estimate of drug-likeness (QED) is 0.737. The second-order valence-corrected chi connectivity index (χ2v) is 2.37. The molecular weight excluding hydrogens is 340 g/mol. The van der Waals surface area contributed by atoms with Gasteiger partial charge in [0.1, 0.15) is 0 Å². The van der Waals surface area contributed by atoms with Crippen molar-refractivity contribution in [2.24, 2.45) is 0 Å². The Morgan fingerprint density at radius 1 is 1.15 bits per heavy atom. The molecule has 0 aromatic carbocycles. The summed E-state index contributed by atoms with van der Waals surface area (Å²) < 4.78 is 0. The Hall–Kier alpha value is -1.05. The van der Waals surface area contributed by atoms with Gasteiger partial charge in [-0.1, -0.05) is 24.5 Å².